The summed E-state index contributed by atoms with van der Waals surface area (Å²) in [6.07, 6.45) is 0.416. The van der Waals surface area contributed by atoms with Crippen molar-refractivity contribution >= 4 is 11.6 Å². The number of rotatable bonds is 7. The summed E-state index contributed by atoms with van der Waals surface area (Å²) in [5.41, 5.74) is 1.00. The molecule has 0 heterocycles. The van der Waals surface area contributed by atoms with E-state index in [1.54, 1.807) is 6.07 Å². The number of benzene rings is 1. The summed E-state index contributed by atoms with van der Waals surface area (Å²) in [6, 6.07) is 5.89. The van der Waals surface area contributed by atoms with E-state index in [4.69, 9.17) is 16.3 Å². The maximum absolute atomic E-state index is 12.0. The topological polar surface area (TPSA) is 21.3 Å². The number of alkyl halides is 1. The first-order chi connectivity index (χ1) is 8.13. The Hall–Kier alpha value is -0.800. The maximum Gasteiger partial charge on any atom is 0.123 e. The van der Waals surface area contributed by atoms with Crippen LogP contribution in [-0.4, -0.2) is 19.3 Å². The van der Waals surface area contributed by atoms with Gasteiger partial charge in [-0.15, -0.1) is 0 Å². The van der Waals surface area contributed by atoms with Crippen LogP contribution in [0.3, 0.4) is 0 Å². The lowest BCUT2D eigenvalue weighted by Gasteiger charge is -2.13. The first kappa shape index (κ1) is 14.3. The third kappa shape index (κ3) is 5.37. The van der Waals surface area contributed by atoms with Gasteiger partial charge in [-0.2, -0.15) is 0 Å². The fraction of sp³-hybridized carbons (Fsp3) is 0.538. The standard InChI is InChI=1S/C13H19ClFNO/c1-10(2)16-9-11-8-12(14)4-5-13(11)17-7-3-6-15/h4-5,8,10,16H,3,6-7,9H2,1-2H3. The van der Waals surface area contributed by atoms with Gasteiger partial charge in [0, 0.05) is 29.6 Å². The Balaban J connectivity index is 2.66. The Morgan fingerprint density at radius 2 is 2.18 bits per heavy atom. The fourth-order valence-electron chi connectivity index (χ4n) is 1.38. The number of hydrogen-bond acceptors (Lipinski definition) is 2. The minimum Gasteiger partial charge on any atom is -0.493 e. The van der Waals surface area contributed by atoms with Crippen molar-refractivity contribution in [1.82, 2.24) is 5.32 Å². The summed E-state index contributed by atoms with van der Waals surface area (Å²) < 4.78 is 17.5. The summed E-state index contributed by atoms with van der Waals surface area (Å²) in [5, 5.41) is 3.99. The molecule has 0 atom stereocenters. The van der Waals surface area contributed by atoms with Crippen molar-refractivity contribution in [3.05, 3.63) is 28.8 Å². The highest BCUT2D eigenvalue weighted by atomic mass is 35.5. The highest BCUT2D eigenvalue weighted by Crippen LogP contribution is 2.23. The zero-order valence-electron chi connectivity index (χ0n) is 10.3. The van der Waals surface area contributed by atoms with Crippen LogP contribution < -0.4 is 10.1 Å². The molecule has 0 aliphatic carbocycles. The molecule has 1 aromatic rings. The Bertz CT molecular complexity index is 344. The van der Waals surface area contributed by atoms with Crippen LogP contribution in [0.4, 0.5) is 4.39 Å². The summed E-state index contributed by atoms with van der Waals surface area (Å²) in [5.74, 6) is 0.774. The molecule has 0 fully saturated rings. The van der Waals surface area contributed by atoms with Crippen LogP contribution >= 0.6 is 11.6 Å². The number of hydrogen-bond donors (Lipinski definition) is 1. The molecule has 1 rings (SSSR count). The Labute approximate surface area is 107 Å². The van der Waals surface area contributed by atoms with Crippen molar-refractivity contribution in [3.8, 4) is 5.75 Å². The molecular formula is C13H19ClFNO. The van der Waals surface area contributed by atoms with Gasteiger partial charge in [0.2, 0.25) is 0 Å². The van der Waals surface area contributed by atoms with Crippen molar-refractivity contribution in [2.24, 2.45) is 0 Å². The van der Waals surface area contributed by atoms with Crippen LogP contribution in [0, 0.1) is 0 Å². The molecular weight excluding hydrogens is 241 g/mol. The van der Waals surface area contributed by atoms with Crippen molar-refractivity contribution in [2.45, 2.75) is 32.9 Å². The molecule has 0 radical (unpaired) electrons. The third-order valence-corrected chi connectivity index (χ3v) is 2.49. The highest BCUT2D eigenvalue weighted by molar-refractivity contribution is 6.30. The van der Waals surface area contributed by atoms with E-state index in [0.717, 1.165) is 11.3 Å². The Kier molecular flexibility index (Phi) is 6.30. The molecule has 0 bridgehead atoms. The molecule has 0 spiro atoms. The average Bonchev–Trinajstić information content (AvgIpc) is 2.29. The van der Waals surface area contributed by atoms with Gasteiger partial charge in [0.25, 0.3) is 0 Å². The maximum atomic E-state index is 12.0. The van der Waals surface area contributed by atoms with Gasteiger partial charge in [-0.25, -0.2) is 0 Å². The molecule has 0 unspecified atom stereocenters. The van der Waals surface area contributed by atoms with E-state index in [1.807, 2.05) is 12.1 Å². The van der Waals surface area contributed by atoms with E-state index in [9.17, 15) is 4.39 Å². The largest absolute Gasteiger partial charge is 0.493 e. The molecule has 0 aromatic heterocycles. The van der Waals surface area contributed by atoms with Crippen LogP contribution in [0.15, 0.2) is 18.2 Å². The number of nitrogens with one attached hydrogen (secondary N) is 1. The first-order valence-corrected chi connectivity index (χ1v) is 6.22. The van der Waals surface area contributed by atoms with E-state index in [-0.39, 0.29) is 6.67 Å². The molecule has 0 aliphatic heterocycles. The van der Waals surface area contributed by atoms with E-state index in [2.05, 4.69) is 19.2 Å². The summed E-state index contributed by atoms with van der Waals surface area (Å²) >= 11 is 5.95. The SMILES string of the molecule is CC(C)NCc1cc(Cl)ccc1OCCCF. The van der Waals surface area contributed by atoms with Crippen LogP contribution in [0.5, 0.6) is 5.75 Å². The molecule has 0 saturated heterocycles. The Morgan fingerprint density at radius 1 is 1.41 bits per heavy atom. The number of halogens is 2. The minimum atomic E-state index is -0.354. The monoisotopic (exact) mass is 259 g/mol. The van der Waals surface area contributed by atoms with Crippen molar-refractivity contribution in [1.29, 1.82) is 0 Å². The van der Waals surface area contributed by atoms with Crippen LogP contribution in [0.1, 0.15) is 25.8 Å². The zero-order valence-corrected chi connectivity index (χ0v) is 11.1. The normalized spacial score (nSPS) is 10.9. The third-order valence-electron chi connectivity index (χ3n) is 2.26. The van der Waals surface area contributed by atoms with Crippen LogP contribution in [-0.2, 0) is 6.54 Å². The van der Waals surface area contributed by atoms with E-state index in [1.165, 1.54) is 0 Å². The second kappa shape index (κ2) is 7.51. The lowest BCUT2D eigenvalue weighted by molar-refractivity contribution is 0.286. The van der Waals surface area contributed by atoms with Crippen molar-refractivity contribution in [3.63, 3.8) is 0 Å². The molecule has 1 aromatic carbocycles. The quantitative estimate of drug-likeness (QED) is 0.756. The van der Waals surface area contributed by atoms with Gasteiger partial charge in [0.15, 0.2) is 0 Å². The zero-order chi connectivity index (χ0) is 12.7. The molecule has 0 aliphatic rings. The van der Waals surface area contributed by atoms with E-state index < -0.39 is 0 Å². The lowest BCUT2D eigenvalue weighted by atomic mass is 10.2. The van der Waals surface area contributed by atoms with E-state index in [0.29, 0.717) is 30.6 Å². The van der Waals surface area contributed by atoms with Gasteiger partial charge < -0.3 is 10.1 Å². The van der Waals surface area contributed by atoms with Crippen molar-refractivity contribution < 1.29 is 9.13 Å². The summed E-state index contributed by atoms with van der Waals surface area (Å²) in [7, 11) is 0. The second-order valence-corrected chi connectivity index (χ2v) is 4.62. The molecule has 1 N–H and O–H groups in total. The fourth-order valence-corrected chi connectivity index (χ4v) is 1.57. The molecule has 4 heteroatoms. The summed E-state index contributed by atoms with van der Waals surface area (Å²) in [6.45, 7) is 4.89. The molecule has 0 amide bonds. The molecule has 96 valence electrons. The first-order valence-electron chi connectivity index (χ1n) is 5.84. The molecule has 2 nitrogen and oxygen atoms in total. The van der Waals surface area contributed by atoms with Gasteiger partial charge in [-0.3, -0.25) is 4.39 Å². The van der Waals surface area contributed by atoms with Gasteiger partial charge in [-0.1, -0.05) is 25.4 Å². The van der Waals surface area contributed by atoms with Gasteiger partial charge in [-0.05, 0) is 18.2 Å². The van der Waals surface area contributed by atoms with E-state index >= 15 is 0 Å². The number of ether oxygens (including phenoxy) is 1. The minimum absolute atomic E-state index is 0.354. The second-order valence-electron chi connectivity index (χ2n) is 4.18. The smallest absolute Gasteiger partial charge is 0.123 e. The highest BCUT2D eigenvalue weighted by Gasteiger charge is 2.05. The van der Waals surface area contributed by atoms with Crippen molar-refractivity contribution in [2.75, 3.05) is 13.3 Å². The predicted molar refractivity (Wildman–Crippen MR) is 69.5 cm³/mol. The van der Waals surface area contributed by atoms with Crippen LogP contribution in [0.2, 0.25) is 5.02 Å². The molecule has 17 heavy (non-hydrogen) atoms. The van der Waals surface area contributed by atoms with Crippen LogP contribution in [0.25, 0.3) is 0 Å². The molecule has 0 saturated carbocycles. The van der Waals surface area contributed by atoms with Gasteiger partial charge in [0.05, 0.1) is 13.3 Å². The Morgan fingerprint density at radius 3 is 2.82 bits per heavy atom. The lowest BCUT2D eigenvalue weighted by Crippen LogP contribution is -2.22. The van der Waals surface area contributed by atoms with Gasteiger partial charge >= 0.3 is 0 Å². The summed E-state index contributed by atoms with van der Waals surface area (Å²) in [4.78, 5) is 0. The van der Waals surface area contributed by atoms with Gasteiger partial charge in [0.1, 0.15) is 5.75 Å². The predicted octanol–water partition coefficient (Wildman–Crippen LogP) is 3.58. The average molecular weight is 260 g/mol.